The molecule has 1 aliphatic rings. The summed E-state index contributed by atoms with van der Waals surface area (Å²) in [6.45, 7) is 3.56. The molecular formula is C12H18ClN3O3. The monoisotopic (exact) mass is 287 g/mol. The number of aromatic nitrogens is 2. The number of nitrogens with one attached hydrogen (secondary N) is 2. The zero-order valence-electron chi connectivity index (χ0n) is 10.8. The number of aryl methyl sites for hydroxylation is 1. The van der Waals surface area contributed by atoms with E-state index in [1.54, 1.807) is 6.92 Å². The lowest BCUT2D eigenvalue weighted by Gasteiger charge is -2.35. The predicted octanol–water partition coefficient (Wildman–Crippen LogP) is 0.933. The second-order valence-corrected chi connectivity index (χ2v) is 5.32. The van der Waals surface area contributed by atoms with Crippen LogP contribution >= 0.6 is 11.6 Å². The van der Waals surface area contributed by atoms with Gasteiger partial charge in [0.2, 0.25) is 0 Å². The van der Waals surface area contributed by atoms with E-state index >= 15 is 0 Å². The molecule has 0 atom stereocenters. The molecule has 0 aromatic carbocycles. The van der Waals surface area contributed by atoms with Crippen LogP contribution in [-0.4, -0.2) is 41.4 Å². The average Bonchev–Trinajstić information content (AvgIpc) is 2.42. The van der Waals surface area contributed by atoms with Crippen molar-refractivity contribution in [1.82, 2.24) is 9.97 Å². The van der Waals surface area contributed by atoms with Crippen molar-refractivity contribution in [3.8, 4) is 0 Å². The highest BCUT2D eigenvalue weighted by Gasteiger charge is 2.32. The van der Waals surface area contributed by atoms with E-state index in [1.807, 2.05) is 0 Å². The Hall–Kier alpha value is -1.11. The number of aliphatic hydroxyl groups excluding tert-OH is 1. The summed E-state index contributed by atoms with van der Waals surface area (Å²) in [6, 6.07) is 0. The molecule has 106 valence electrons. The first kappa shape index (κ1) is 14.3. The summed E-state index contributed by atoms with van der Waals surface area (Å²) in [7, 11) is 0. The molecule has 19 heavy (non-hydrogen) atoms. The van der Waals surface area contributed by atoms with Gasteiger partial charge in [0.05, 0.1) is 6.61 Å². The third-order valence-electron chi connectivity index (χ3n) is 3.50. The molecular weight excluding hydrogens is 270 g/mol. The largest absolute Gasteiger partial charge is 0.396 e. The quantitative estimate of drug-likeness (QED) is 0.767. The van der Waals surface area contributed by atoms with Crippen molar-refractivity contribution in [2.45, 2.75) is 19.8 Å². The van der Waals surface area contributed by atoms with Crippen LogP contribution in [0.2, 0.25) is 5.02 Å². The normalized spacial score (nSPS) is 18.3. The molecule has 1 fully saturated rings. The second kappa shape index (κ2) is 5.90. The molecule has 7 heteroatoms. The number of halogens is 1. The number of H-pyrrole nitrogens is 1. The summed E-state index contributed by atoms with van der Waals surface area (Å²) in [5.74, 6) is 0.865. The lowest BCUT2D eigenvalue weighted by atomic mass is 9.81. The van der Waals surface area contributed by atoms with Crippen LogP contribution in [0.3, 0.4) is 0 Å². The number of nitrogens with zero attached hydrogens (tertiary/aromatic N) is 1. The molecule has 0 bridgehead atoms. The average molecular weight is 288 g/mol. The van der Waals surface area contributed by atoms with Gasteiger partial charge in [-0.3, -0.25) is 4.79 Å². The lowest BCUT2D eigenvalue weighted by Crippen LogP contribution is -2.39. The Morgan fingerprint density at radius 2 is 2.21 bits per heavy atom. The number of ether oxygens (including phenoxy) is 1. The van der Waals surface area contributed by atoms with Crippen LogP contribution < -0.4 is 10.9 Å². The van der Waals surface area contributed by atoms with Gasteiger partial charge in [-0.05, 0) is 19.8 Å². The first-order valence-electron chi connectivity index (χ1n) is 6.25. The van der Waals surface area contributed by atoms with Crippen molar-refractivity contribution in [2.24, 2.45) is 5.41 Å². The first-order chi connectivity index (χ1) is 9.06. The Morgan fingerprint density at radius 3 is 2.84 bits per heavy atom. The molecule has 0 spiro atoms. The Labute approximate surface area is 116 Å². The summed E-state index contributed by atoms with van der Waals surface area (Å²) in [4.78, 5) is 18.2. The lowest BCUT2D eigenvalue weighted by molar-refractivity contribution is -0.00862. The van der Waals surface area contributed by atoms with E-state index in [9.17, 15) is 9.90 Å². The maximum absolute atomic E-state index is 11.5. The van der Waals surface area contributed by atoms with Gasteiger partial charge < -0.3 is 20.1 Å². The summed E-state index contributed by atoms with van der Waals surface area (Å²) in [5, 5.41) is 12.7. The molecule has 0 saturated carbocycles. The van der Waals surface area contributed by atoms with Crippen molar-refractivity contribution in [1.29, 1.82) is 0 Å². The van der Waals surface area contributed by atoms with Gasteiger partial charge in [0, 0.05) is 25.2 Å². The third-order valence-corrected chi connectivity index (χ3v) is 3.85. The molecule has 1 saturated heterocycles. The van der Waals surface area contributed by atoms with E-state index < -0.39 is 0 Å². The minimum atomic E-state index is -0.360. The van der Waals surface area contributed by atoms with Crippen LogP contribution in [0.1, 0.15) is 18.7 Å². The highest BCUT2D eigenvalue weighted by molar-refractivity contribution is 6.32. The van der Waals surface area contributed by atoms with E-state index in [1.165, 1.54) is 0 Å². The van der Waals surface area contributed by atoms with Gasteiger partial charge in [-0.25, -0.2) is 4.98 Å². The molecule has 0 aliphatic carbocycles. The molecule has 1 aliphatic heterocycles. The predicted molar refractivity (Wildman–Crippen MR) is 72.7 cm³/mol. The van der Waals surface area contributed by atoms with Crippen LogP contribution in [0.15, 0.2) is 4.79 Å². The van der Waals surface area contributed by atoms with Gasteiger partial charge in [-0.15, -0.1) is 0 Å². The van der Waals surface area contributed by atoms with Gasteiger partial charge >= 0.3 is 0 Å². The van der Waals surface area contributed by atoms with Gasteiger partial charge in [0.25, 0.3) is 5.56 Å². The summed E-state index contributed by atoms with van der Waals surface area (Å²) in [6.07, 6.45) is 1.55. The minimum Gasteiger partial charge on any atom is -0.396 e. The number of anilines is 1. The van der Waals surface area contributed by atoms with Crippen molar-refractivity contribution in [3.05, 3.63) is 21.2 Å². The smallest absolute Gasteiger partial charge is 0.271 e. The fraction of sp³-hybridized carbons (Fsp3) is 0.667. The summed E-state index contributed by atoms with van der Waals surface area (Å²) < 4.78 is 5.30. The molecule has 6 nitrogen and oxygen atoms in total. The topological polar surface area (TPSA) is 87.2 Å². The van der Waals surface area contributed by atoms with Crippen molar-refractivity contribution in [3.63, 3.8) is 0 Å². The van der Waals surface area contributed by atoms with Crippen LogP contribution in [0.5, 0.6) is 0 Å². The molecule has 0 unspecified atom stereocenters. The summed E-state index contributed by atoms with van der Waals surface area (Å²) in [5.41, 5.74) is -0.596. The Morgan fingerprint density at radius 1 is 1.53 bits per heavy atom. The number of aliphatic hydroxyl groups is 1. The Kier molecular flexibility index (Phi) is 4.44. The van der Waals surface area contributed by atoms with E-state index in [4.69, 9.17) is 16.3 Å². The van der Waals surface area contributed by atoms with Gasteiger partial charge in [0.1, 0.15) is 10.8 Å². The molecule has 2 rings (SSSR count). The van der Waals surface area contributed by atoms with Crippen molar-refractivity contribution in [2.75, 3.05) is 31.7 Å². The Bertz CT molecular complexity index is 497. The second-order valence-electron chi connectivity index (χ2n) is 4.94. The number of hydrogen-bond donors (Lipinski definition) is 3. The molecule has 1 aromatic rings. The van der Waals surface area contributed by atoms with Gasteiger partial charge in [-0.2, -0.15) is 0 Å². The molecule has 0 amide bonds. The van der Waals surface area contributed by atoms with Crippen LogP contribution in [0, 0.1) is 12.3 Å². The van der Waals surface area contributed by atoms with Crippen LogP contribution in [-0.2, 0) is 4.74 Å². The minimum absolute atomic E-state index is 0.0470. The molecule has 2 heterocycles. The third kappa shape index (κ3) is 3.26. The van der Waals surface area contributed by atoms with E-state index in [2.05, 4.69) is 15.3 Å². The van der Waals surface area contributed by atoms with Crippen LogP contribution in [0.25, 0.3) is 0 Å². The van der Waals surface area contributed by atoms with Gasteiger partial charge in [0.15, 0.2) is 5.82 Å². The van der Waals surface area contributed by atoms with E-state index in [0.29, 0.717) is 31.4 Å². The zero-order chi connectivity index (χ0) is 13.9. The van der Waals surface area contributed by atoms with E-state index in [-0.39, 0.29) is 22.6 Å². The fourth-order valence-electron chi connectivity index (χ4n) is 2.16. The first-order valence-corrected chi connectivity index (χ1v) is 6.63. The highest BCUT2D eigenvalue weighted by atomic mass is 35.5. The SMILES string of the molecule is Cc1nc(NCC2(CO)CCOCC2)c(Cl)c(=O)[nH]1. The maximum Gasteiger partial charge on any atom is 0.271 e. The standard InChI is InChI=1S/C12H18ClN3O3/c1-8-15-10(9(13)11(18)16-8)14-6-12(7-17)2-4-19-5-3-12/h17H,2-7H2,1H3,(H2,14,15,16,18). The molecule has 1 aromatic heterocycles. The van der Waals surface area contributed by atoms with Gasteiger partial charge in [-0.1, -0.05) is 11.6 Å². The number of hydrogen-bond acceptors (Lipinski definition) is 5. The number of rotatable bonds is 4. The molecule has 0 radical (unpaired) electrons. The van der Waals surface area contributed by atoms with Crippen molar-refractivity contribution >= 4 is 17.4 Å². The molecule has 3 N–H and O–H groups in total. The number of aromatic amines is 1. The van der Waals surface area contributed by atoms with Crippen LogP contribution in [0.4, 0.5) is 5.82 Å². The van der Waals surface area contributed by atoms with E-state index in [0.717, 1.165) is 12.8 Å². The highest BCUT2D eigenvalue weighted by Crippen LogP contribution is 2.30. The fourth-order valence-corrected chi connectivity index (χ4v) is 2.31. The zero-order valence-corrected chi connectivity index (χ0v) is 11.6. The summed E-state index contributed by atoms with van der Waals surface area (Å²) >= 11 is 5.92. The van der Waals surface area contributed by atoms with Crippen molar-refractivity contribution < 1.29 is 9.84 Å². The maximum atomic E-state index is 11.5. The Balaban J connectivity index is 2.11.